The van der Waals surface area contributed by atoms with E-state index in [0.717, 1.165) is 12.1 Å². The minimum atomic E-state index is -4.41. The number of halogens is 3. The van der Waals surface area contributed by atoms with Crippen molar-refractivity contribution in [3.05, 3.63) is 29.8 Å². The minimum absolute atomic E-state index is 0.167. The van der Waals surface area contributed by atoms with E-state index in [1.54, 1.807) is 36.6 Å². The Morgan fingerprint density at radius 2 is 1.74 bits per heavy atom. The molecule has 10 heteroatoms. The number of benzene rings is 1. The Morgan fingerprint density at radius 1 is 1.12 bits per heavy atom. The number of rotatable bonds is 7. The van der Waals surface area contributed by atoms with Gasteiger partial charge < -0.3 is 25.0 Å². The number of amides is 2. The normalized spacial score (nSPS) is 16.9. The van der Waals surface area contributed by atoms with Crippen LogP contribution in [0, 0.1) is 5.92 Å². The van der Waals surface area contributed by atoms with Crippen molar-refractivity contribution < 1.29 is 32.6 Å². The predicted molar refractivity (Wildman–Crippen MR) is 123 cm³/mol. The summed E-state index contributed by atoms with van der Waals surface area (Å²) in [6.45, 7) is 10.5. The largest absolute Gasteiger partial charge is 0.444 e. The SMILES string of the molecule is CC(C)CC(NC(=O)OC(C)(C)C)C(O)CC(=O)N1CCN(c2cccc(C(F)(F)F)c2)CC1. The maximum absolute atomic E-state index is 13.0. The first-order chi connectivity index (χ1) is 15.7. The van der Waals surface area contributed by atoms with Gasteiger partial charge in [-0.05, 0) is 51.3 Å². The molecule has 0 bridgehead atoms. The Bertz CT molecular complexity index is 831. The molecular formula is C24H36F3N3O4. The molecule has 192 valence electrons. The molecule has 0 aliphatic carbocycles. The summed E-state index contributed by atoms with van der Waals surface area (Å²) >= 11 is 0. The molecule has 0 radical (unpaired) electrons. The molecule has 2 amide bonds. The number of carbonyl (C=O) groups excluding carboxylic acids is 2. The fourth-order valence-electron chi connectivity index (χ4n) is 3.82. The number of nitrogens with one attached hydrogen (secondary N) is 1. The van der Waals surface area contributed by atoms with Crippen LogP contribution in [0.2, 0.25) is 0 Å². The topological polar surface area (TPSA) is 82.1 Å². The molecule has 1 saturated heterocycles. The lowest BCUT2D eigenvalue weighted by Gasteiger charge is -2.37. The predicted octanol–water partition coefficient (Wildman–Crippen LogP) is 4.04. The number of alkyl halides is 3. The third kappa shape index (κ3) is 8.70. The number of aliphatic hydroxyl groups is 1. The van der Waals surface area contributed by atoms with Gasteiger partial charge in [0.2, 0.25) is 5.91 Å². The zero-order valence-corrected chi connectivity index (χ0v) is 20.5. The van der Waals surface area contributed by atoms with Crippen molar-refractivity contribution in [3.8, 4) is 0 Å². The van der Waals surface area contributed by atoms with E-state index < -0.39 is 35.6 Å². The highest BCUT2D eigenvalue weighted by Gasteiger charge is 2.32. The Balaban J connectivity index is 1.94. The van der Waals surface area contributed by atoms with Crippen LogP contribution in [-0.4, -0.2) is 65.9 Å². The summed E-state index contributed by atoms with van der Waals surface area (Å²) in [5, 5.41) is 13.4. The van der Waals surface area contributed by atoms with E-state index >= 15 is 0 Å². The monoisotopic (exact) mass is 487 g/mol. The molecule has 0 saturated carbocycles. The zero-order chi connectivity index (χ0) is 25.7. The van der Waals surface area contributed by atoms with Crippen LogP contribution < -0.4 is 10.2 Å². The van der Waals surface area contributed by atoms with Gasteiger partial charge in [0.05, 0.1) is 24.1 Å². The van der Waals surface area contributed by atoms with E-state index in [1.165, 1.54) is 6.07 Å². The van der Waals surface area contributed by atoms with Crippen molar-refractivity contribution in [2.24, 2.45) is 5.92 Å². The lowest BCUT2D eigenvalue weighted by molar-refractivity contribution is -0.137. The molecule has 1 aromatic rings. The number of hydrogen-bond acceptors (Lipinski definition) is 5. The zero-order valence-electron chi connectivity index (χ0n) is 20.5. The average Bonchev–Trinajstić information content (AvgIpc) is 2.71. The van der Waals surface area contributed by atoms with E-state index in [0.29, 0.717) is 38.3 Å². The Labute approximate surface area is 199 Å². The minimum Gasteiger partial charge on any atom is -0.444 e. The molecule has 2 atom stereocenters. The molecule has 1 fully saturated rings. The summed E-state index contributed by atoms with van der Waals surface area (Å²) in [5.74, 6) is -0.100. The molecule has 0 aromatic heterocycles. The van der Waals surface area contributed by atoms with Crippen molar-refractivity contribution in [2.75, 3.05) is 31.1 Å². The van der Waals surface area contributed by atoms with Crippen LogP contribution in [0.4, 0.5) is 23.7 Å². The second-order valence-electron chi connectivity index (χ2n) is 10.1. The van der Waals surface area contributed by atoms with Gasteiger partial charge in [0.1, 0.15) is 5.60 Å². The maximum Gasteiger partial charge on any atom is 0.416 e. The fraction of sp³-hybridized carbons (Fsp3) is 0.667. The number of anilines is 1. The van der Waals surface area contributed by atoms with Crippen molar-refractivity contribution >= 4 is 17.7 Å². The molecule has 2 N–H and O–H groups in total. The third-order valence-corrected chi connectivity index (χ3v) is 5.45. The quantitative estimate of drug-likeness (QED) is 0.607. The molecular weight excluding hydrogens is 451 g/mol. The van der Waals surface area contributed by atoms with E-state index in [9.17, 15) is 27.9 Å². The summed E-state index contributed by atoms with van der Waals surface area (Å²) in [4.78, 5) is 28.4. The first-order valence-electron chi connectivity index (χ1n) is 11.5. The summed E-state index contributed by atoms with van der Waals surface area (Å²) in [6.07, 6.45) is -5.86. The number of alkyl carbamates (subject to hydrolysis) is 1. The molecule has 1 aromatic carbocycles. The van der Waals surface area contributed by atoms with Crippen LogP contribution >= 0.6 is 0 Å². The smallest absolute Gasteiger partial charge is 0.416 e. The molecule has 1 aliphatic rings. The molecule has 1 aliphatic heterocycles. The fourth-order valence-corrected chi connectivity index (χ4v) is 3.82. The van der Waals surface area contributed by atoms with Gasteiger partial charge in [0.25, 0.3) is 0 Å². The number of carbonyl (C=O) groups is 2. The number of ether oxygens (including phenoxy) is 1. The average molecular weight is 488 g/mol. The second-order valence-corrected chi connectivity index (χ2v) is 10.1. The van der Waals surface area contributed by atoms with Crippen LogP contribution in [-0.2, 0) is 15.7 Å². The van der Waals surface area contributed by atoms with Gasteiger partial charge in [-0.1, -0.05) is 19.9 Å². The van der Waals surface area contributed by atoms with Gasteiger partial charge >= 0.3 is 12.3 Å². The van der Waals surface area contributed by atoms with Crippen LogP contribution in [0.3, 0.4) is 0 Å². The first kappa shape index (κ1) is 27.8. The van der Waals surface area contributed by atoms with Gasteiger partial charge in [0, 0.05) is 31.9 Å². The summed E-state index contributed by atoms with van der Waals surface area (Å²) < 4.78 is 44.3. The van der Waals surface area contributed by atoms with Gasteiger partial charge in [0.15, 0.2) is 0 Å². The second kappa shape index (κ2) is 11.3. The van der Waals surface area contributed by atoms with Crippen molar-refractivity contribution in [2.45, 2.75) is 71.4 Å². The molecule has 2 rings (SSSR count). The highest BCUT2D eigenvalue weighted by Crippen LogP contribution is 2.32. The van der Waals surface area contributed by atoms with Crippen molar-refractivity contribution in [3.63, 3.8) is 0 Å². The van der Waals surface area contributed by atoms with Gasteiger partial charge in [-0.15, -0.1) is 0 Å². The number of piperazine rings is 1. The van der Waals surface area contributed by atoms with Gasteiger partial charge in [-0.25, -0.2) is 4.79 Å². The summed E-state index contributed by atoms with van der Waals surface area (Å²) in [6, 6.07) is 4.49. The molecule has 1 heterocycles. The van der Waals surface area contributed by atoms with Crippen molar-refractivity contribution in [1.82, 2.24) is 10.2 Å². The molecule has 2 unspecified atom stereocenters. The summed E-state index contributed by atoms with van der Waals surface area (Å²) in [7, 11) is 0. The lowest BCUT2D eigenvalue weighted by Crippen LogP contribution is -2.51. The maximum atomic E-state index is 13.0. The Hall–Kier alpha value is -2.49. The summed E-state index contributed by atoms with van der Waals surface area (Å²) in [5.41, 5.74) is -0.937. The van der Waals surface area contributed by atoms with Crippen LogP contribution in [0.5, 0.6) is 0 Å². The lowest BCUT2D eigenvalue weighted by atomic mass is 9.97. The Morgan fingerprint density at radius 3 is 2.26 bits per heavy atom. The molecule has 0 spiro atoms. The van der Waals surface area contributed by atoms with Crippen LogP contribution in [0.25, 0.3) is 0 Å². The van der Waals surface area contributed by atoms with Crippen LogP contribution in [0.1, 0.15) is 53.0 Å². The highest BCUT2D eigenvalue weighted by molar-refractivity contribution is 5.77. The highest BCUT2D eigenvalue weighted by atomic mass is 19.4. The molecule has 7 nitrogen and oxygen atoms in total. The Kier molecular flexibility index (Phi) is 9.22. The number of hydrogen-bond donors (Lipinski definition) is 2. The van der Waals surface area contributed by atoms with E-state index in [1.807, 2.05) is 13.8 Å². The number of aliphatic hydroxyl groups excluding tert-OH is 1. The van der Waals surface area contributed by atoms with E-state index in [4.69, 9.17) is 4.74 Å². The first-order valence-corrected chi connectivity index (χ1v) is 11.5. The van der Waals surface area contributed by atoms with E-state index in [-0.39, 0.29) is 18.2 Å². The van der Waals surface area contributed by atoms with Gasteiger partial charge in [-0.3, -0.25) is 4.79 Å². The van der Waals surface area contributed by atoms with Crippen LogP contribution in [0.15, 0.2) is 24.3 Å². The molecule has 34 heavy (non-hydrogen) atoms. The van der Waals surface area contributed by atoms with Gasteiger partial charge in [-0.2, -0.15) is 13.2 Å². The number of nitrogens with zero attached hydrogens (tertiary/aromatic N) is 2. The third-order valence-electron chi connectivity index (χ3n) is 5.45. The van der Waals surface area contributed by atoms with Crippen molar-refractivity contribution in [1.29, 1.82) is 0 Å². The standard InChI is InChI=1S/C24H36F3N3O4/c1-16(2)13-19(28-22(33)34-23(3,4)5)20(31)15-21(32)30-11-9-29(10-12-30)18-8-6-7-17(14-18)24(25,26)27/h6-8,14,16,19-20,31H,9-13,15H2,1-5H3,(H,28,33). The van der Waals surface area contributed by atoms with E-state index in [2.05, 4.69) is 5.32 Å².